The van der Waals surface area contributed by atoms with Gasteiger partial charge in [0, 0.05) is 17.3 Å². The molecular formula is C13H20N2O4S. The molecule has 1 heterocycles. The molecule has 0 aliphatic heterocycles. The Morgan fingerprint density at radius 2 is 1.85 bits per heavy atom. The monoisotopic (exact) mass is 300 g/mol. The maximum absolute atomic E-state index is 12.5. The van der Waals surface area contributed by atoms with E-state index in [-0.39, 0.29) is 22.2 Å². The summed E-state index contributed by atoms with van der Waals surface area (Å²) in [6.07, 6.45) is 4.88. The Morgan fingerprint density at radius 3 is 2.35 bits per heavy atom. The zero-order valence-corrected chi connectivity index (χ0v) is 12.5. The van der Waals surface area contributed by atoms with Crippen molar-refractivity contribution in [3.8, 4) is 0 Å². The predicted molar refractivity (Wildman–Crippen MR) is 74.4 cm³/mol. The van der Waals surface area contributed by atoms with Crippen LogP contribution < -0.4 is 4.72 Å². The lowest BCUT2D eigenvalue weighted by molar-refractivity contribution is 0.0690. The lowest BCUT2D eigenvalue weighted by Crippen LogP contribution is -2.36. The fourth-order valence-corrected chi connectivity index (χ4v) is 4.60. The van der Waals surface area contributed by atoms with E-state index in [4.69, 9.17) is 5.11 Å². The summed E-state index contributed by atoms with van der Waals surface area (Å²) in [6, 6.07) is -0.0456. The predicted octanol–water partition coefficient (Wildman–Crippen LogP) is 1.94. The average Bonchev–Trinajstić information content (AvgIpc) is 2.66. The van der Waals surface area contributed by atoms with Gasteiger partial charge in [-0.2, -0.15) is 0 Å². The minimum absolute atomic E-state index is 0.0456. The molecule has 0 unspecified atom stereocenters. The van der Waals surface area contributed by atoms with E-state index in [1.165, 1.54) is 6.92 Å². The summed E-state index contributed by atoms with van der Waals surface area (Å²) in [5.41, 5.74) is 0.563. The Balaban J connectivity index is 2.31. The van der Waals surface area contributed by atoms with E-state index >= 15 is 0 Å². The van der Waals surface area contributed by atoms with E-state index in [0.29, 0.717) is 5.69 Å². The molecule has 1 saturated carbocycles. The molecule has 0 aromatic carbocycles. The standard InChI is InChI=1S/C13H20N2O4S/c1-8-11(13(16)17)14-9(2)12(8)20(18,19)15-10-6-4-3-5-7-10/h10,14-15H,3-7H2,1-2H3,(H,16,17). The van der Waals surface area contributed by atoms with Crippen molar-refractivity contribution in [1.82, 2.24) is 9.71 Å². The number of aryl methyl sites for hydroxylation is 1. The van der Waals surface area contributed by atoms with Gasteiger partial charge in [-0.3, -0.25) is 0 Å². The molecule has 1 aromatic heterocycles. The number of aromatic amines is 1. The molecule has 1 aromatic rings. The van der Waals surface area contributed by atoms with Gasteiger partial charge in [0.25, 0.3) is 0 Å². The Hall–Kier alpha value is -1.34. The highest BCUT2D eigenvalue weighted by Crippen LogP contribution is 2.25. The van der Waals surface area contributed by atoms with Gasteiger partial charge in [-0.25, -0.2) is 17.9 Å². The highest BCUT2D eigenvalue weighted by atomic mass is 32.2. The second kappa shape index (κ2) is 5.57. The topological polar surface area (TPSA) is 99.3 Å². The van der Waals surface area contributed by atoms with Crippen LogP contribution in [0.5, 0.6) is 0 Å². The second-order valence-corrected chi connectivity index (χ2v) is 6.99. The quantitative estimate of drug-likeness (QED) is 0.791. The number of rotatable bonds is 4. The Labute approximate surface area is 118 Å². The lowest BCUT2D eigenvalue weighted by atomic mass is 9.96. The smallest absolute Gasteiger partial charge is 0.352 e. The maximum atomic E-state index is 12.5. The number of carboxylic acid groups (broad SMARTS) is 1. The van der Waals surface area contributed by atoms with Crippen LogP contribution in [0.25, 0.3) is 0 Å². The molecule has 0 bridgehead atoms. The van der Waals surface area contributed by atoms with Crippen molar-refractivity contribution < 1.29 is 18.3 Å². The van der Waals surface area contributed by atoms with Crippen LogP contribution in [-0.4, -0.2) is 30.5 Å². The van der Waals surface area contributed by atoms with Gasteiger partial charge in [-0.1, -0.05) is 19.3 Å². The van der Waals surface area contributed by atoms with Crippen molar-refractivity contribution >= 4 is 16.0 Å². The number of aromatic carboxylic acids is 1. The van der Waals surface area contributed by atoms with E-state index in [1.807, 2.05) is 0 Å². The van der Waals surface area contributed by atoms with Gasteiger partial charge >= 0.3 is 5.97 Å². The first-order valence-electron chi connectivity index (χ1n) is 6.77. The van der Waals surface area contributed by atoms with E-state index in [2.05, 4.69) is 9.71 Å². The molecule has 1 fully saturated rings. The van der Waals surface area contributed by atoms with E-state index in [0.717, 1.165) is 32.1 Å². The van der Waals surface area contributed by atoms with Crippen LogP contribution in [0.4, 0.5) is 0 Å². The third-order valence-corrected chi connectivity index (χ3v) is 5.57. The first kappa shape index (κ1) is 15.1. The second-order valence-electron chi connectivity index (χ2n) is 5.34. The van der Waals surface area contributed by atoms with Gasteiger partial charge in [0.05, 0.1) is 0 Å². The van der Waals surface area contributed by atoms with Crippen LogP contribution in [0, 0.1) is 13.8 Å². The SMILES string of the molecule is Cc1[nH]c(C(=O)O)c(C)c1S(=O)(=O)NC1CCCCC1. The highest BCUT2D eigenvalue weighted by molar-refractivity contribution is 7.89. The molecule has 20 heavy (non-hydrogen) atoms. The molecule has 1 aliphatic carbocycles. The molecule has 3 N–H and O–H groups in total. The normalized spacial score (nSPS) is 17.3. The van der Waals surface area contributed by atoms with Crippen molar-refractivity contribution in [1.29, 1.82) is 0 Å². The minimum Gasteiger partial charge on any atom is -0.477 e. The summed E-state index contributed by atoms with van der Waals surface area (Å²) in [5, 5.41) is 9.04. The van der Waals surface area contributed by atoms with Crippen molar-refractivity contribution in [2.75, 3.05) is 0 Å². The molecule has 7 heteroatoms. The Kier molecular flexibility index (Phi) is 4.19. The van der Waals surface area contributed by atoms with Gasteiger partial charge in [0.2, 0.25) is 10.0 Å². The zero-order chi connectivity index (χ0) is 14.9. The Bertz CT molecular complexity index is 613. The largest absolute Gasteiger partial charge is 0.477 e. The van der Waals surface area contributed by atoms with Crippen LogP contribution >= 0.6 is 0 Å². The fraction of sp³-hybridized carbons (Fsp3) is 0.615. The van der Waals surface area contributed by atoms with Gasteiger partial charge in [-0.15, -0.1) is 0 Å². The lowest BCUT2D eigenvalue weighted by Gasteiger charge is -2.22. The van der Waals surface area contributed by atoms with Gasteiger partial charge in [0.15, 0.2) is 0 Å². The number of carboxylic acids is 1. The zero-order valence-electron chi connectivity index (χ0n) is 11.7. The molecule has 0 saturated heterocycles. The third-order valence-electron chi connectivity index (χ3n) is 3.78. The van der Waals surface area contributed by atoms with Crippen LogP contribution in [0.2, 0.25) is 0 Å². The molecule has 2 rings (SSSR count). The number of carbonyl (C=O) groups is 1. The number of sulfonamides is 1. The van der Waals surface area contributed by atoms with E-state index in [1.54, 1.807) is 6.92 Å². The van der Waals surface area contributed by atoms with Gasteiger partial charge in [-0.05, 0) is 26.7 Å². The van der Waals surface area contributed by atoms with Gasteiger partial charge in [0.1, 0.15) is 10.6 Å². The molecule has 6 nitrogen and oxygen atoms in total. The molecule has 112 valence electrons. The van der Waals surface area contributed by atoms with E-state index in [9.17, 15) is 13.2 Å². The summed E-state index contributed by atoms with van der Waals surface area (Å²) < 4.78 is 27.6. The van der Waals surface area contributed by atoms with Crippen molar-refractivity contribution in [2.45, 2.75) is 56.9 Å². The summed E-state index contributed by atoms with van der Waals surface area (Å²) in [7, 11) is -3.68. The summed E-state index contributed by atoms with van der Waals surface area (Å²) in [6.45, 7) is 3.09. The van der Waals surface area contributed by atoms with Gasteiger partial charge < -0.3 is 10.1 Å². The number of aromatic nitrogens is 1. The minimum atomic E-state index is -3.68. The molecule has 0 spiro atoms. The summed E-state index contributed by atoms with van der Waals surface area (Å²) >= 11 is 0. The molecule has 0 radical (unpaired) electrons. The first-order valence-corrected chi connectivity index (χ1v) is 8.26. The van der Waals surface area contributed by atoms with Crippen molar-refractivity contribution in [2.24, 2.45) is 0 Å². The van der Waals surface area contributed by atoms with E-state index < -0.39 is 16.0 Å². The highest BCUT2D eigenvalue weighted by Gasteiger charge is 2.28. The number of hydrogen-bond donors (Lipinski definition) is 3. The van der Waals surface area contributed by atoms with Crippen LogP contribution in [0.1, 0.15) is 53.8 Å². The molecule has 0 atom stereocenters. The molecule has 0 amide bonds. The number of nitrogens with one attached hydrogen (secondary N) is 2. The summed E-state index contributed by atoms with van der Waals surface area (Å²) in [5.74, 6) is -1.15. The maximum Gasteiger partial charge on any atom is 0.352 e. The first-order chi connectivity index (χ1) is 9.33. The number of hydrogen-bond acceptors (Lipinski definition) is 3. The summed E-state index contributed by atoms with van der Waals surface area (Å²) in [4.78, 5) is 13.8. The van der Waals surface area contributed by atoms with Crippen LogP contribution in [0.3, 0.4) is 0 Å². The average molecular weight is 300 g/mol. The molecule has 1 aliphatic rings. The third kappa shape index (κ3) is 2.88. The molecular weight excluding hydrogens is 280 g/mol. The fourth-order valence-electron chi connectivity index (χ4n) is 2.85. The number of H-pyrrole nitrogens is 1. The Morgan fingerprint density at radius 1 is 1.25 bits per heavy atom. The van der Waals surface area contributed by atoms with Crippen LogP contribution in [0.15, 0.2) is 4.90 Å². The van der Waals surface area contributed by atoms with Crippen LogP contribution in [-0.2, 0) is 10.0 Å². The van der Waals surface area contributed by atoms with Crippen molar-refractivity contribution in [3.05, 3.63) is 17.0 Å². The van der Waals surface area contributed by atoms with Crippen molar-refractivity contribution in [3.63, 3.8) is 0 Å².